The fraction of sp³-hybridized carbons (Fsp3) is 0.250. The molecule has 0 spiro atoms. The number of nitrogens with one attached hydrogen (secondary N) is 1. The maximum absolute atomic E-state index is 12.7. The minimum atomic E-state index is -0.232. The Morgan fingerprint density at radius 2 is 1.82 bits per heavy atom. The van der Waals surface area contributed by atoms with Crippen LogP contribution in [0, 0.1) is 0 Å². The molecule has 2 aromatic carbocycles. The van der Waals surface area contributed by atoms with Crippen LogP contribution in [-0.4, -0.2) is 49.0 Å². The molecule has 1 N–H and O–H groups in total. The van der Waals surface area contributed by atoms with Gasteiger partial charge in [0.25, 0.3) is 5.56 Å². The Kier molecular flexibility index (Phi) is 7.07. The highest BCUT2D eigenvalue weighted by Crippen LogP contribution is 2.19. The molecule has 0 aliphatic rings. The zero-order valence-electron chi connectivity index (χ0n) is 19.0. The van der Waals surface area contributed by atoms with Gasteiger partial charge in [-0.3, -0.25) is 9.59 Å². The molecule has 0 unspecified atom stereocenters. The molecule has 10 nitrogen and oxygen atoms in total. The largest absolute Gasteiger partial charge is 0.497 e. The zero-order valence-corrected chi connectivity index (χ0v) is 19.0. The van der Waals surface area contributed by atoms with Gasteiger partial charge in [0, 0.05) is 17.7 Å². The molecule has 0 bridgehead atoms. The van der Waals surface area contributed by atoms with E-state index in [1.807, 2.05) is 55.5 Å². The lowest BCUT2D eigenvalue weighted by Gasteiger charge is -2.18. The van der Waals surface area contributed by atoms with Crippen LogP contribution < -0.4 is 15.6 Å². The van der Waals surface area contributed by atoms with Crippen LogP contribution in [0.1, 0.15) is 18.9 Å². The summed E-state index contributed by atoms with van der Waals surface area (Å²) in [5, 5.41) is 18.6. The van der Waals surface area contributed by atoms with Crippen LogP contribution >= 0.6 is 0 Å². The lowest BCUT2D eigenvalue weighted by Crippen LogP contribution is -2.41. The second-order valence-electron chi connectivity index (χ2n) is 7.74. The number of benzene rings is 2. The van der Waals surface area contributed by atoms with Crippen LogP contribution in [-0.2, 0) is 17.8 Å². The minimum Gasteiger partial charge on any atom is -0.497 e. The normalized spacial score (nSPS) is 11.7. The van der Waals surface area contributed by atoms with Crippen LogP contribution in [0.3, 0.4) is 0 Å². The van der Waals surface area contributed by atoms with Crippen molar-refractivity contribution in [1.29, 1.82) is 0 Å². The smallest absolute Gasteiger partial charge is 0.266 e. The first-order valence-corrected chi connectivity index (χ1v) is 10.9. The standard InChI is InChI=1S/C24H25N7O3/c1-3-19(26-23(32)14-17-4-8-20(9-5-17)31-16-25-28-29-31)15-30-24(33)13-12-22(27-30)18-6-10-21(34-2)11-7-18/h4-13,16,19H,3,14-15H2,1-2H3,(H,26,32)/t19-/m1/s1. The van der Waals surface area contributed by atoms with Crippen LogP contribution in [0.2, 0.25) is 0 Å². The van der Waals surface area contributed by atoms with E-state index in [4.69, 9.17) is 4.74 Å². The number of hydrogen-bond donors (Lipinski definition) is 1. The molecule has 174 valence electrons. The first-order chi connectivity index (χ1) is 16.6. The highest BCUT2D eigenvalue weighted by Gasteiger charge is 2.14. The van der Waals surface area contributed by atoms with Gasteiger partial charge >= 0.3 is 0 Å². The van der Waals surface area contributed by atoms with Gasteiger partial charge in [-0.2, -0.15) is 5.10 Å². The Labute approximate surface area is 196 Å². The van der Waals surface area contributed by atoms with Gasteiger partial charge in [-0.25, -0.2) is 9.36 Å². The van der Waals surface area contributed by atoms with Gasteiger partial charge in [0.05, 0.1) is 31.5 Å². The molecule has 4 aromatic rings. The van der Waals surface area contributed by atoms with Crippen LogP contribution in [0.5, 0.6) is 5.75 Å². The number of amides is 1. The molecule has 1 atom stereocenters. The summed E-state index contributed by atoms with van der Waals surface area (Å²) in [5.74, 6) is 0.622. The summed E-state index contributed by atoms with van der Waals surface area (Å²) in [6, 6.07) is 17.8. The number of ether oxygens (including phenoxy) is 1. The van der Waals surface area contributed by atoms with E-state index in [0.29, 0.717) is 12.1 Å². The number of nitrogens with zero attached hydrogens (tertiary/aromatic N) is 6. The van der Waals surface area contributed by atoms with Crippen molar-refractivity contribution in [3.05, 3.63) is 82.9 Å². The van der Waals surface area contributed by atoms with Gasteiger partial charge in [-0.15, -0.1) is 5.10 Å². The second-order valence-corrected chi connectivity index (χ2v) is 7.74. The fourth-order valence-corrected chi connectivity index (χ4v) is 3.49. The maximum atomic E-state index is 12.7. The Bertz CT molecular complexity index is 1280. The molecule has 0 saturated heterocycles. The minimum absolute atomic E-state index is 0.124. The number of tetrazole rings is 1. The van der Waals surface area contributed by atoms with Crippen molar-refractivity contribution in [2.75, 3.05) is 7.11 Å². The molecule has 0 saturated carbocycles. The highest BCUT2D eigenvalue weighted by molar-refractivity contribution is 5.78. The number of carbonyl (C=O) groups is 1. The Hall–Kier alpha value is -4.34. The van der Waals surface area contributed by atoms with E-state index in [0.717, 1.165) is 22.6 Å². The molecule has 2 aromatic heterocycles. The lowest BCUT2D eigenvalue weighted by molar-refractivity contribution is -0.121. The van der Waals surface area contributed by atoms with Crippen molar-refractivity contribution in [2.45, 2.75) is 32.4 Å². The first kappa shape index (κ1) is 22.8. The fourth-order valence-electron chi connectivity index (χ4n) is 3.49. The molecule has 0 fully saturated rings. The average Bonchev–Trinajstić information content (AvgIpc) is 3.40. The van der Waals surface area contributed by atoms with Crippen molar-refractivity contribution in [1.82, 2.24) is 35.3 Å². The van der Waals surface area contributed by atoms with E-state index in [2.05, 4.69) is 25.9 Å². The molecular formula is C24H25N7O3. The number of methoxy groups -OCH3 is 1. The zero-order chi connectivity index (χ0) is 23.9. The predicted molar refractivity (Wildman–Crippen MR) is 126 cm³/mol. The van der Waals surface area contributed by atoms with Crippen molar-refractivity contribution in [3.8, 4) is 22.7 Å². The van der Waals surface area contributed by atoms with Crippen LogP contribution in [0.4, 0.5) is 0 Å². The average molecular weight is 460 g/mol. The molecule has 2 heterocycles. The molecule has 0 radical (unpaired) electrons. The summed E-state index contributed by atoms with van der Waals surface area (Å²) in [6.07, 6.45) is 2.39. The quantitative estimate of drug-likeness (QED) is 0.407. The summed E-state index contributed by atoms with van der Waals surface area (Å²) in [4.78, 5) is 25.1. The number of hydrogen-bond acceptors (Lipinski definition) is 7. The molecule has 34 heavy (non-hydrogen) atoms. The van der Waals surface area contributed by atoms with E-state index in [1.54, 1.807) is 17.9 Å². The second kappa shape index (κ2) is 10.5. The first-order valence-electron chi connectivity index (χ1n) is 10.9. The Morgan fingerprint density at radius 1 is 1.06 bits per heavy atom. The Morgan fingerprint density at radius 3 is 2.47 bits per heavy atom. The third-order valence-corrected chi connectivity index (χ3v) is 5.42. The van der Waals surface area contributed by atoms with Crippen LogP contribution in [0.25, 0.3) is 16.9 Å². The molecule has 0 aliphatic heterocycles. The molecule has 10 heteroatoms. The van der Waals surface area contributed by atoms with Crippen molar-refractivity contribution in [2.24, 2.45) is 0 Å². The maximum Gasteiger partial charge on any atom is 0.266 e. The van der Waals surface area contributed by atoms with E-state index < -0.39 is 0 Å². The monoisotopic (exact) mass is 459 g/mol. The van der Waals surface area contributed by atoms with E-state index >= 15 is 0 Å². The van der Waals surface area contributed by atoms with E-state index in [1.165, 1.54) is 17.1 Å². The molecular weight excluding hydrogens is 434 g/mol. The SMILES string of the molecule is CC[C@H](Cn1nc(-c2ccc(OC)cc2)ccc1=O)NC(=O)Cc1ccc(-n2cnnn2)cc1. The number of rotatable bonds is 9. The molecule has 4 rings (SSSR count). The number of aromatic nitrogens is 6. The summed E-state index contributed by atoms with van der Waals surface area (Å²) in [7, 11) is 1.61. The van der Waals surface area contributed by atoms with Crippen molar-refractivity contribution >= 4 is 5.91 Å². The third kappa shape index (κ3) is 5.52. The van der Waals surface area contributed by atoms with E-state index in [9.17, 15) is 9.59 Å². The van der Waals surface area contributed by atoms with Gasteiger partial charge in [-0.1, -0.05) is 19.1 Å². The summed E-state index contributed by atoms with van der Waals surface area (Å²) >= 11 is 0. The summed E-state index contributed by atoms with van der Waals surface area (Å²) in [5.41, 5.74) is 3.00. The lowest BCUT2D eigenvalue weighted by atomic mass is 10.1. The Balaban J connectivity index is 1.40. The predicted octanol–water partition coefficient (Wildman–Crippen LogP) is 2.03. The van der Waals surface area contributed by atoms with Gasteiger partial charge < -0.3 is 10.1 Å². The number of carbonyl (C=O) groups excluding carboxylic acids is 1. The third-order valence-electron chi connectivity index (χ3n) is 5.42. The highest BCUT2D eigenvalue weighted by atomic mass is 16.5. The topological polar surface area (TPSA) is 117 Å². The van der Waals surface area contributed by atoms with Gasteiger partial charge in [0.15, 0.2) is 0 Å². The summed E-state index contributed by atoms with van der Waals surface area (Å²) in [6.45, 7) is 2.24. The van der Waals surface area contributed by atoms with Crippen molar-refractivity contribution in [3.63, 3.8) is 0 Å². The van der Waals surface area contributed by atoms with Crippen molar-refractivity contribution < 1.29 is 9.53 Å². The van der Waals surface area contributed by atoms with Gasteiger partial charge in [0.2, 0.25) is 5.91 Å². The van der Waals surface area contributed by atoms with Gasteiger partial charge in [-0.05, 0) is 64.9 Å². The van der Waals surface area contributed by atoms with Crippen LogP contribution in [0.15, 0.2) is 71.8 Å². The molecule has 1 amide bonds. The molecule has 0 aliphatic carbocycles. The van der Waals surface area contributed by atoms with Gasteiger partial charge in [0.1, 0.15) is 12.1 Å². The van der Waals surface area contributed by atoms with E-state index in [-0.39, 0.29) is 30.5 Å². The summed E-state index contributed by atoms with van der Waals surface area (Å²) < 4.78 is 8.13.